The van der Waals surface area contributed by atoms with Gasteiger partial charge in [-0.2, -0.15) is 0 Å². The number of fused-ring (bicyclic) bond motifs is 3. The highest BCUT2D eigenvalue weighted by molar-refractivity contribution is 5.88. The lowest BCUT2D eigenvalue weighted by Crippen LogP contribution is -2.49. The molecule has 5 nitrogen and oxygen atoms in total. The summed E-state index contributed by atoms with van der Waals surface area (Å²) >= 11 is 0. The molecule has 1 aliphatic carbocycles. The molecule has 35 heavy (non-hydrogen) atoms. The van der Waals surface area contributed by atoms with E-state index in [1.54, 1.807) is 0 Å². The van der Waals surface area contributed by atoms with Gasteiger partial charge in [0.1, 0.15) is 18.8 Å². The summed E-state index contributed by atoms with van der Waals surface area (Å²) in [5.41, 5.74) is 5.57. The molecule has 0 radical (unpaired) electrons. The first kappa shape index (κ1) is 23.2. The predicted octanol–water partition coefficient (Wildman–Crippen LogP) is 6.50. The Morgan fingerprint density at radius 3 is 2.11 bits per heavy atom. The van der Waals surface area contributed by atoms with Crippen LogP contribution < -0.4 is 5.32 Å². The second-order valence-corrected chi connectivity index (χ2v) is 10.4. The van der Waals surface area contributed by atoms with Crippen molar-refractivity contribution in [3.63, 3.8) is 0 Å². The van der Waals surface area contributed by atoms with Gasteiger partial charge in [-0.25, -0.2) is 9.79 Å². The van der Waals surface area contributed by atoms with Crippen LogP contribution in [0.1, 0.15) is 56.4 Å². The number of nitrogens with one attached hydrogen (secondary N) is 1. The Hall–Kier alpha value is -3.60. The first-order valence-electron chi connectivity index (χ1n) is 12.2. The molecule has 0 bridgehead atoms. The number of benzene rings is 3. The van der Waals surface area contributed by atoms with Gasteiger partial charge >= 0.3 is 6.09 Å². The van der Waals surface area contributed by atoms with Crippen LogP contribution in [-0.4, -0.2) is 30.7 Å². The molecule has 0 saturated heterocycles. The summed E-state index contributed by atoms with van der Waals surface area (Å²) < 4.78 is 12.1. The van der Waals surface area contributed by atoms with Gasteiger partial charge < -0.3 is 14.8 Å². The van der Waals surface area contributed by atoms with Crippen LogP contribution >= 0.6 is 0 Å². The predicted molar refractivity (Wildman–Crippen MR) is 139 cm³/mol. The standard InChI is InChI=1S/C30H32N2O3/c1-19-26(20-12-6-5-7-13-20)35-28(31-19)27(30(2,3)4)32-29(33)34-18-25-23-16-10-8-14-21(23)22-15-9-11-17-24(22)25/h5-17,19,25-27H,18H2,1-4H3,(H,32,33)/t19-,26+,27+/m0/s1. The largest absolute Gasteiger partial charge is 0.469 e. The Balaban J connectivity index is 1.29. The maximum absolute atomic E-state index is 13.0. The maximum Gasteiger partial charge on any atom is 0.407 e. The van der Waals surface area contributed by atoms with Crippen molar-refractivity contribution in [2.45, 2.75) is 51.8 Å². The van der Waals surface area contributed by atoms with Crippen molar-refractivity contribution in [1.29, 1.82) is 0 Å². The van der Waals surface area contributed by atoms with Crippen LogP contribution in [0.2, 0.25) is 0 Å². The van der Waals surface area contributed by atoms with E-state index in [1.165, 1.54) is 22.3 Å². The fourth-order valence-corrected chi connectivity index (χ4v) is 5.07. The van der Waals surface area contributed by atoms with Crippen LogP contribution in [0.15, 0.2) is 83.9 Å². The van der Waals surface area contributed by atoms with E-state index >= 15 is 0 Å². The van der Waals surface area contributed by atoms with Crippen molar-refractivity contribution in [3.8, 4) is 11.1 Å². The Labute approximate surface area is 207 Å². The molecule has 0 unspecified atom stereocenters. The molecule has 5 rings (SSSR count). The van der Waals surface area contributed by atoms with Crippen molar-refractivity contribution in [2.24, 2.45) is 10.4 Å². The summed E-state index contributed by atoms with van der Waals surface area (Å²) in [4.78, 5) is 17.8. The van der Waals surface area contributed by atoms with Gasteiger partial charge in [0.25, 0.3) is 0 Å². The molecule has 3 aromatic rings. The molecule has 2 aliphatic rings. The van der Waals surface area contributed by atoms with Crippen molar-refractivity contribution in [1.82, 2.24) is 5.32 Å². The lowest BCUT2D eigenvalue weighted by atomic mass is 9.86. The minimum absolute atomic E-state index is 0.0174. The first-order valence-corrected chi connectivity index (χ1v) is 12.2. The van der Waals surface area contributed by atoms with Gasteiger partial charge in [-0.3, -0.25) is 0 Å². The van der Waals surface area contributed by atoms with E-state index in [0.29, 0.717) is 5.90 Å². The number of hydrogen-bond acceptors (Lipinski definition) is 4. The number of carbonyl (C=O) groups is 1. The topological polar surface area (TPSA) is 59.9 Å². The molecule has 0 spiro atoms. The van der Waals surface area contributed by atoms with E-state index in [-0.39, 0.29) is 30.1 Å². The fourth-order valence-electron chi connectivity index (χ4n) is 5.07. The highest BCUT2D eigenvalue weighted by Crippen LogP contribution is 2.44. The van der Waals surface area contributed by atoms with E-state index in [0.717, 1.165) is 5.56 Å². The SMILES string of the molecule is C[C@@H]1N=C([C@@H](NC(=O)OCC2c3ccccc3-c3ccccc32)C(C)(C)C)O[C@H]1c1ccccc1. The van der Waals surface area contributed by atoms with Gasteiger partial charge in [-0.1, -0.05) is 99.6 Å². The van der Waals surface area contributed by atoms with Gasteiger partial charge in [-0.15, -0.1) is 0 Å². The van der Waals surface area contributed by atoms with Crippen molar-refractivity contribution >= 4 is 12.0 Å². The van der Waals surface area contributed by atoms with Gasteiger partial charge in [0.05, 0.1) is 6.04 Å². The number of nitrogens with zero attached hydrogens (tertiary/aromatic N) is 1. The fraction of sp³-hybridized carbons (Fsp3) is 0.333. The zero-order valence-electron chi connectivity index (χ0n) is 20.7. The van der Waals surface area contributed by atoms with Crippen molar-refractivity contribution in [2.75, 3.05) is 6.61 Å². The smallest absolute Gasteiger partial charge is 0.407 e. The number of rotatable bonds is 5. The summed E-state index contributed by atoms with van der Waals surface area (Å²) in [6.45, 7) is 8.50. The molecule has 1 N–H and O–H groups in total. The third-order valence-electron chi connectivity index (χ3n) is 6.86. The van der Waals surface area contributed by atoms with Crippen LogP contribution in [0.5, 0.6) is 0 Å². The van der Waals surface area contributed by atoms with Gasteiger partial charge in [-0.05, 0) is 40.2 Å². The summed E-state index contributed by atoms with van der Waals surface area (Å²) in [7, 11) is 0. The molecule has 1 heterocycles. The molecule has 0 fully saturated rings. The minimum Gasteiger partial charge on any atom is -0.469 e. The summed E-state index contributed by atoms with van der Waals surface area (Å²) in [5.74, 6) is 0.566. The van der Waals surface area contributed by atoms with Gasteiger partial charge in [0.15, 0.2) is 0 Å². The summed E-state index contributed by atoms with van der Waals surface area (Å²) in [6.07, 6.45) is -0.630. The molecule has 3 atom stereocenters. The molecular formula is C30H32N2O3. The minimum atomic E-state index is -0.464. The average molecular weight is 469 g/mol. The zero-order valence-corrected chi connectivity index (χ0v) is 20.7. The molecule has 180 valence electrons. The van der Waals surface area contributed by atoms with E-state index < -0.39 is 12.1 Å². The lowest BCUT2D eigenvalue weighted by molar-refractivity contribution is 0.129. The molecule has 0 saturated carbocycles. The maximum atomic E-state index is 13.0. The van der Waals surface area contributed by atoms with Gasteiger partial charge in [0.2, 0.25) is 5.90 Å². The molecule has 1 aliphatic heterocycles. The molecule has 5 heteroatoms. The summed E-state index contributed by atoms with van der Waals surface area (Å²) in [5, 5.41) is 3.05. The Bertz CT molecular complexity index is 1200. The van der Waals surface area contributed by atoms with Crippen LogP contribution in [0.3, 0.4) is 0 Å². The van der Waals surface area contributed by atoms with E-state index in [1.807, 2.05) is 61.5 Å². The Kier molecular flexibility index (Phi) is 6.10. The number of alkyl carbamates (subject to hydrolysis) is 1. The van der Waals surface area contributed by atoms with Gasteiger partial charge in [0, 0.05) is 5.92 Å². The number of carbonyl (C=O) groups excluding carboxylic acids is 1. The van der Waals surface area contributed by atoms with Crippen LogP contribution in [-0.2, 0) is 9.47 Å². The van der Waals surface area contributed by atoms with Crippen LogP contribution in [0.4, 0.5) is 4.79 Å². The average Bonchev–Trinajstić information content (AvgIpc) is 3.39. The van der Waals surface area contributed by atoms with Crippen LogP contribution in [0, 0.1) is 5.41 Å². The van der Waals surface area contributed by atoms with Crippen LogP contribution in [0.25, 0.3) is 11.1 Å². The Morgan fingerprint density at radius 1 is 0.943 bits per heavy atom. The summed E-state index contributed by atoms with van der Waals surface area (Å²) in [6, 6.07) is 26.3. The quantitative estimate of drug-likeness (QED) is 0.465. The number of hydrogen-bond donors (Lipinski definition) is 1. The number of ether oxygens (including phenoxy) is 2. The van der Waals surface area contributed by atoms with Crippen molar-refractivity contribution < 1.29 is 14.3 Å². The third kappa shape index (κ3) is 4.55. The molecular weight excluding hydrogens is 436 g/mol. The molecule has 0 aromatic heterocycles. The molecule has 3 aromatic carbocycles. The first-order chi connectivity index (χ1) is 16.8. The molecule has 1 amide bonds. The zero-order chi connectivity index (χ0) is 24.6. The normalized spacial score (nSPS) is 19.8. The number of aliphatic imine (C=N–C) groups is 1. The highest BCUT2D eigenvalue weighted by Gasteiger charge is 2.39. The van der Waals surface area contributed by atoms with Crippen molar-refractivity contribution in [3.05, 3.63) is 95.6 Å². The number of amides is 1. The lowest BCUT2D eigenvalue weighted by Gasteiger charge is -2.31. The van der Waals surface area contributed by atoms with E-state index in [9.17, 15) is 4.79 Å². The second kappa shape index (κ2) is 9.21. The highest BCUT2D eigenvalue weighted by atomic mass is 16.6. The Morgan fingerprint density at radius 2 is 1.51 bits per heavy atom. The van der Waals surface area contributed by atoms with E-state index in [4.69, 9.17) is 14.5 Å². The van der Waals surface area contributed by atoms with E-state index in [2.05, 4.69) is 50.4 Å². The third-order valence-corrected chi connectivity index (χ3v) is 6.86. The monoisotopic (exact) mass is 468 g/mol. The second-order valence-electron chi connectivity index (χ2n) is 10.4.